The lowest BCUT2D eigenvalue weighted by atomic mass is 10.1. The van der Waals surface area contributed by atoms with E-state index in [1.54, 1.807) is 0 Å². The molecule has 116 valence electrons. The fourth-order valence-corrected chi connectivity index (χ4v) is 3.62. The molecule has 3 nitrogen and oxygen atoms in total. The van der Waals surface area contributed by atoms with E-state index in [9.17, 15) is 17.6 Å². The molecule has 8 heteroatoms. The molecular formula is C11H22F4O3Si. The van der Waals surface area contributed by atoms with Gasteiger partial charge in [-0.3, -0.25) is 8.82 Å². The number of alkyl halides is 4. The van der Waals surface area contributed by atoms with Crippen molar-refractivity contribution in [3.63, 3.8) is 0 Å². The molecular weight excluding hydrogens is 284 g/mol. The predicted octanol–water partition coefficient (Wildman–Crippen LogP) is 4.06. The highest BCUT2D eigenvalue weighted by Gasteiger charge is 2.49. The van der Waals surface area contributed by atoms with Crippen LogP contribution in [0.2, 0.25) is 6.04 Å². The topological polar surface area (TPSA) is 27.7 Å². The van der Waals surface area contributed by atoms with Crippen molar-refractivity contribution in [1.82, 2.24) is 0 Å². The molecule has 0 aliphatic rings. The van der Waals surface area contributed by atoms with Crippen LogP contribution in [0.15, 0.2) is 0 Å². The van der Waals surface area contributed by atoms with E-state index in [-0.39, 0.29) is 12.7 Å². The molecule has 0 saturated carbocycles. The third-order valence-electron chi connectivity index (χ3n) is 2.76. The number of unbranched alkanes of at least 4 members (excludes halogenated alkanes) is 5. The summed E-state index contributed by atoms with van der Waals surface area (Å²) in [6, 6.07) is 0.128. The van der Waals surface area contributed by atoms with Crippen LogP contribution < -0.4 is 0 Å². The van der Waals surface area contributed by atoms with Gasteiger partial charge in [0.15, 0.2) is 0 Å². The van der Waals surface area contributed by atoms with Crippen molar-refractivity contribution in [2.45, 2.75) is 50.9 Å². The molecule has 0 aromatic heterocycles. The number of rotatable bonds is 11. The highest BCUT2D eigenvalue weighted by Crippen LogP contribution is 2.28. The summed E-state index contributed by atoms with van der Waals surface area (Å²) in [6.45, 7) is -0.317. The minimum absolute atomic E-state index is 0.128. The van der Waals surface area contributed by atoms with Crippen molar-refractivity contribution >= 4 is 8.80 Å². The van der Waals surface area contributed by atoms with Gasteiger partial charge in [-0.2, -0.15) is 0 Å². The van der Waals surface area contributed by atoms with Gasteiger partial charge in [-0.25, -0.2) is 0 Å². The predicted molar refractivity (Wildman–Crippen MR) is 65.4 cm³/mol. The molecule has 0 aromatic rings. The lowest BCUT2D eigenvalue weighted by Gasteiger charge is -2.27. The van der Waals surface area contributed by atoms with E-state index in [4.69, 9.17) is 8.85 Å². The Bertz CT molecular complexity index is 222. The van der Waals surface area contributed by atoms with E-state index in [0.29, 0.717) is 12.8 Å². The maximum absolute atomic E-state index is 12.3. The molecule has 0 atom stereocenters. The Balaban J connectivity index is 3.94. The van der Waals surface area contributed by atoms with E-state index < -0.39 is 15.2 Å². The van der Waals surface area contributed by atoms with Gasteiger partial charge in [-0.1, -0.05) is 25.7 Å². The maximum Gasteiger partial charge on any atom is 0.516 e. The van der Waals surface area contributed by atoms with Crippen LogP contribution in [0.5, 0.6) is 0 Å². The highest BCUT2D eigenvalue weighted by atomic mass is 28.4. The molecule has 0 amide bonds. The minimum Gasteiger partial charge on any atom is -0.377 e. The molecule has 0 unspecified atom stereocenters. The summed E-state index contributed by atoms with van der Waals surface area (Å²) >= 11 is 0. The SMILES string of the molecule is CO[Si](CCCCCCCCF)(OC)OC(F)(F)F. The average molecular weight is 306 g/mol. The molecule has 0 saturated heterocycles. The van der Waals surface area contributed by atoms with Gasteiger partial charge in [0, 0.05) is 20.3 Å². The zero-order valence-corrected chi connectivity index (χ0v) is 12.4. The summed E-state index contributed by atoms with van der Waals surface area (Å²) in [5.74, 6) is 0. The zero-order valence-electron chi connectivity index (χ0n) is 11.4. The lowest BCUT2D eigenvalue weighted by molar-refractivity contribution is -0.296. The van der Waals surface area contributed by atoms with E-state index >= 15 is 0 Å². The number of halogens is 4. The largest absolute Gasteiger partial charge is 0.516 e. The summed E-state index contributed by atoms with van der Waals surface area (Å²) in [5.41, 5.74) is 0. The van der Waals surface area contributed by atoms with E-state index in [1.165, 1.54) is 14.2 Å². The van der Waals surface area contributed by atoms with Gasteiger partial charge in [0.25, 0.3) is 0 Å². The van der Waals surface area contributed by atoms with Gasteiger partial charge in [0.05, 0.1) is 6.67 Å². The second-order valence-corrected chi connectivity index (χ2v) is 7.09. The molecule has 19 heavy (non-hydrogen) atoms. The first kappa shape index (κ1) is 18.8. The van der Waals surface area contributed by atoms with Gasteiger partial charge < -0.3 is 8.85 Å². The molecule has 0 radical (unpaired) electrons. The fourth-order valence-electron chi connectivity index (χ4n) is 1.74. The standard InChI is InChI=1S/C11H22F4O3Si/c1-16-19(17-2,18-11(13,14)15)10-8-6-4-3-5-7-9-12/h3-10H2,1-2H3. The van der Waals surface area contributed by atoms with Gasteiger partial charge in [-0.15, -0.1) is 13.2 Å². The zero-order chi connectivity index (χ0) is 14.8. The third kappa shape index (κ3) is 9.36. The molecule has 0 heterocycles. The lowest BCUT2D eigenvalue weighted by Crippen LogP contribution is -2.47. The van der Waals surface area contributed by atoms with Crippen LogP contribution in [0, 0.1) is 0 Å². The minimum atomic E-state index is -4.75. The second kappa shape index (κ2) is 9.68. The molecule has 0 aliphatic carbocycles. The van der Waals surface area contributed by atoms with Crippen molar-refractivity contribution in [2.24, 2.45) is 0 Å². The Morgan fingerprint density at radius 3 is 1.74 bits per heavy atom. The Morgan fingerprint density at radius 2 is 1.32 bits per heavy atom. The van der Waals surface area contributed by atoms with Crippen molar-refractivity contribution in [3.05, 3.63) is 0 Å². The van der Waals surface area contributed by atoms with E-state index in [0.717, 1.165) is 25.7 Å². The van der Waals surface area contributed by atoms with Crippen LogP contribution in [0.4, 0.5) is 17.6 Å². The van der Waals surface area contributed by atoms with Crippen LogP contribution in [0.25, 0.3) is 0 Å². The van der Waals surface area contributed by atoms with Crippen LogP contribution in [0.1, 0.15) is 38.5 Å². The Morgan fingerprint density at radius 1 is 0.842 bits per heavy atom. The summed E-state index contributed by atoms with van der Waals surface area (Å²) in [6.07, 6.45) is -0.338. The van der Waals surface area contributed by atoms with Crippen molar-refractivity contribution in [3.8, 4) is 0 Å². The summed E-state index contributed by atoms with van der Waals surface area (Å²) < 4.78 is 62.3. The van der Waals surface area contributed by atoms with Crippen molar-refractivity contribution in [1.29, 1.82) is 0 Å². The highest BCUT2D eigenvalue weighted by molar-refractivity contribution is 6.60. The smallest absolute Gasteiger partial charge is 0.377 e. The van der Waals surface area contributed by atoms with Gasteiger partial charge in [0.2, 0.25) is 0 Å². The monoisotopic (exact) mass is 306 g/mol. The first-order chi connectivity index (χ1) is 8.89. The molecule has 0 aromatic carbocycles. The molecule has 0 fully saturated rings. The molecule has 0 spiro atoms. The van der Waals surface area contributed by atoms with Crippen molar-refractivity contribution in [2.75, 3.05) is 20.9 Å². The Kier molecular flexibility index (Phi) is 9.59. The van der Waals surface area contributed by atoms with Crippen LogP contribution >= 0.6 is 0 Å². The summed E-state index contributed by atoms with van der Waals surface area (Å²) in [7, 11) is -1.30. The summed E-state index contributed by atoms with van der Waals surface area (Å²) in [5, 5.41) is 0. The molecule has 0 N–H and O–H groups in total. The second-order valence-electron chi connectivity index (χ2n) is 4.20. The molecule has 0 bridgehead atoms. The maximum atomic E-state index is 12.3. The van der Waals surface area contributed by atoms with E-state index in [2.05, 4.69) is 4.43 Å². The third-order valence-corrected chi connectivity index (χ3v) is 5.51. The molecule has 0 aliphatic heterocycles. The molecule has 0 rings (SSSR count). The summed E-state index contributed by atoms with van der Waals surface area (Å²) in [4.78, 5) is 0. The average Bonchev–Trinajstić information content (AvgIpc) is 2.35. The van der Waals surface area contributed by atoms with Crippen LogP contribution in [0.3, 0.4) is 0 Å². The van der Waals surface area contributed by atoms with Crippen LogP contribution in [-0.4, -0.2) is 36.1 Å². The van der Waals surface area contributed by atoms with Crippen molar-refractivity contribution < 1.29 is 30.8 Å². The first-order valence-corrected chi connectivity index (χ1v) is 8.25. The number of hydrogen-bond donors (Lipinski definition) is 0. The first-order valence-electron chi connectivity index (χ1n) is 6.32. The Hall–Kier alpha value is -0.183. The normalized spacial score (nSPS) is 12.9. The number of hydrogen-bond acceptors (Lipinski definition) is 3. The fraction of sp³-hybridized carbons (Fsp3) is 1.00. The van der Waals surface area contributed by atoms with Gasteiger partial charge in [-0.05, 0) is 12.8 Å². The van der Waals surface area contributed by atoms with Crippen LogP contribution in [-0.2, 0) is 13.3 Å². The quantitative estimate of drug-likeness (QED) is 0.327. The van der Waals surface area contributed by atoms with Gasteiger partial charge in [0.1, 0.15) is 0 Å². The Labute approximate surface area is 112 Å². The van der Waals surface area contributed by atoms with Gasteiger partial charge >= 0.3 is 15.2 Å². The van der Waals surface area contributed by atoms with E-state index in [1.807, 2.05) is 0 Å².